The Hall–Kier alpha value is -3.42. The fourth-order valence-electron chi connectivity index (χ4n) is 2.28. The van der Waals surface area contributed by atoms with Crippen LogP contribution < -0.4 is 5.32 Å². The van der Waals surface area contributed by atoms with Crippen molar-refractivity contribution in [2.24, 2.45) is 0 Å². The van der Waals surface area contributed by atoms with E-state index in [0.717, 1.165) is 0 Å². The van der Waals surface area contributed by atoms with Gasteiger partial charge in [0.05, 0.1) is 12.2 Å². The zero-order valence-electron chi connectivity index (χ0n) is 13.2. The van der Waals surface area contributed by atoms with Gasteiger partial charge in [-0.2, -0.15) is 5.10 Å². The van der Waals surface area contributed by atoms with Gasteiger partial charge in [-0.25, -0.2) is 13.9 Å². The van der Waals surface area contributed by atoms with E-state index in [1.165, 1.54) is 28.9 Å². The molecule has 0 aliphatic heterocycles. The minimum absolute atomic E-state index is 0.0381. The van der Waals surface area contributed by atoms with Crippen LogP contribution in [-0.4, -0.2) is 26.8 Å². The van der Waals surface area contributed by atoms with Gasteiger partial charge in [0.2, 0.25) is 0 Å². The number of amides is 1. The molecule has 0 saturated carbocycles. The predicted molar refractivity (Wildman–Crippen MR) is 85.1 cm³/mol. The summed E-state index contributed by atoms with van der Waals surface area (Å²) < 4.78 is 19.7. The topological polar surface area (TPSA) is 97.4 Å². The Morgan fingerprint density at radius 1 is 1.28 bits per heavy atom. The maximum absolute atomic E-state index is 12.9. The van der Waals surface area contributed by atoms with E-state index in [2.05, 4.69) is 10.4 Å². The van der Waals surface area contributed by atoms with Crippen LogP contribution in [0, 0.1) is 12.7 Å². The van der Waals surface area contributed by atoms with Gasteiger partial charge in [-0.05, 0) is 43.3 Å². The fourth-order valence-corrected chi connectivity index (χ4v) is 2.28. The van der Waals surface area contributed by atoms with E-state index >= 15 is 0 Å². The van der Waals surface area contributed by atoms with Crippen LogP contribution in [-0.2, 0) is 6.54 Å². The van der Waals surface area contributed by atoms with Crippen molar-refractivity contribution in [2.75, 3.05) is 0 Å². The quantitative estimate of drug-likeness (QED) is 0.742. The molecule has 128 valence electrons. The van der Waals surface area contributed by atoms with Crippen molar-refractivity contribution in [3.05, 3.63) is 71.2 Å². The number of nitrogens with zero attached hydrogens (tertiary/aromatic N) is 2. The molecule has 25 heavy (non-hydrogen) atoms. The summed E-state index contributed by atoms with van der Waals surface area (Å²) in [6.07, 6.45) is 1.59. The summed E-state index contributed by atoms with van der Waals surface area (Å²) in [6.45, 7) is 1.58. The van der Waals surface area contributed by atoms with Crippen LogP contribution >= 0.6 is 0 Å². The van der Waals surface area contributed by atoms with Crippen LogP contribution in [0.2, 0.25) is 0 Å². The molecule has 2 heterocycles. The second-order valence-corrected chi connectivity index (χ2v) is 5.29. The van der Waals surface area contributed by atoms with Crippen molar-refractivity contribution in [1.82, 2.24) is 15.1 Å². The fraction of sp³-hybridized carbons (Fsp3) is 0.118. The van der Waals surface area contributed by atoms with Gasteiger partial charge in [0.25, 0.3) is 5.91 Å². The molecule has 1 aromatic carbocycles. The third-order valence-corrected chi connectivity index (χ3v) is 3.54. The number of rotatable bonds is 5. The number of carboxylic acid groups (broad SMARTS) is 1. The molecule has 0 fully saturated rings. The summed E-state index contributed by atoms with van der Waals surface area (Å²) in [5, 5.41) is 15.7. The summed E-state index contributed by atoms with van der Waals surface area (Å²) in [4.78, 5) is 23.1. The zero-order valence-corrected chi connectivity index (χ0v) is 13.2. The molecule has 0 atom stereocenters. The van der Waals surface area contributed by atoms with Crippen LogP contribution in [0.4, 0.5) is 4.39 Å². The number of hydrogen-bond acceptors (Lipinski definition) is 4. The first-order valence-electron chi connectivity index (χ1n) is 7.36. The third-order valence-electron chi connectivity index (χ3n) is 3.54. The number of nitrogens with one attached hydrogen (secondary N) is 1. The second kappa shape index (κ2) is 6.60. The number of benzene rings is 1. The van der Waals surface area contributed by atoms with Gasteiger partial charge in [-0.3, -0.25) is 4.79 Å². The Bertz CT molecular complexity index is 928. The van der Waals surface area contributed by atoms with Crippen molar-refractivity contribution in [3.8, 4) is 5.69 Å². The standard InChI is InChI=1S/C17H14FN3O4/c1-10-14(17(23)24)8-13(25-10)9-19-16(22)15-6-7-21(20-15)12-4-2-11(18)3-5-12/h2-8H,9H2,1H3,(H,19,22)(H,23,24). The highest BCUT2D eigenvalue weighted by Gasteiger charge is 2.15. The van der Waals surface area contributed by atoms with E-state index in [-0.39, 0.29) is 29.4 Å². The number of carboxylic acids is 1. The number of carbonyl (C=O) groups is 2. The van der Waals surface area contributed by atoms with Gasteiger partial charge in [0.1, 0.15) is 22.9 Å². The molecule has 2 N–H and O–H groups in total. The summed E-state index contributed by atoms with van der Waals surface area (Å²) in [5.41, 5.74) is 0.851. The molecule has 0 aliphatic carbocycles. The van der Waals surface area contributed by atoms with E-state index in [1.54, 1.807) is 25.3 Å². The van der Waals surface area contributed by atoms with E-state index < -0.39 is 11.9 Å². The molecule has 2 aromatic heterocycles. The SMILES string of the molecule is Cc1oc(CNC(=O)c2ccn(-c3ccc(F)cc3)n2)cc1C(=O)O. The van der Waals surface area contributed by atoms with E-state index in [1.807, 2.05) is 0 Å². The van der Waals surface area contributed by atoms with E-state index in [4.69, 9.17) is 9.52 Å². The highest BCUT2D eigenvalue weighted by molar-refractivity contribution is 5.92. The molecule has 3 rings (SSSR count). The minimum Gasteiger partial charge on any atom is -0.478 e. The van der Waals surface area contributed by atoms with Crippen LogP contribution in [0.25, 0.3) is 5.69 Å². The van der Waals surface area contributed by atoms with Gasteiger partial charge >= 0.3 is 5.97 Å². The number of aryl methyl sites for hydroxylation is 1. The third kappa shape index (κ3) is 3.57. The van der Waals surface area contributed by atoms with Crippen molar-refractivity contribution in [3.63, 3.8) is 0 Å². The number of carbonyl (C=O) groups excluding carboxylic acids is 1. The number of hydrogen-bond donors (Lipinski definition) is 2. The molecule has 1 amide bonds. The Balaban J connectivity index is 1.67. The Labute approximate surface area is 141 Å². The molecule has 0 saturated heterocycles. The summed E-state index contributed by atoms with van der Waals surface area (Å²) in [5.74, 6) is -1.27. The lowest BCUT2D eigenvalue weighted by Gasteiger charge is -2.02. The smallest absolute Gasteiger partial charge is 0.339 e. The first-order chi connectivity index (χ1) is 11.9. The number of halogens is 1. The molecule has 0 unspecified atom stereocenters. The van der Waals surface area contributed by atoms with Crippen molar-refractivity contribution in [1.29, 1.82) is 0 Å². The lowest BCUT2D eigenvalue weighted by molar-refractivity contribution is 0.0694. The average molecular weight is 343 g/mol. The Morgan fingerprint density at radius 3 is 2.64 bits per heavy atom. The monoisotopic (exact) mass is 343 g/mol. The molecular formula is C17H14FN3O4. The van der Waals surface area contributed by atoms with Gasteiger partial charge in [0.15, 0.2) is 5.69 Å². The molecule has 0 bridgehead atoms. The van der Waals surface area contributed by atoms with E-state index in [0.29, 0.717) is 11.4 Å². The van der Waals surface area contributed by atoms with Crippen molar-refractivity contribution >= 4 is 11.9 Å². The first-order valence-corrected chi connectivity index (χ1v) is 7.36. The maximum atomic E-state index is 12.9. The molecule has 0 spiro atoms. The van der Waals surface area contributed by atoms with Gasteiger partial charge in [0, 0.05) is 6.20 Å². The van der Waals surface area contributed by atoms with Crippen LogP contribution in [0.5, 0.6) is 0 Å². The molecule has 8 heteroatoms. The second-order valence-electron chi connectivity index (χ2n) is 5.29. The van der Waals surface area contributed by atoms with Crippen LogP contribution in [0.3, 0.4) is 0 Å². The van der Waals surface area contributed by atoms with Crippen LogP contribution in [0.1, 0.15) is 32.4 Å². The number of furan rings is 1. The van der Waals surface area contributed by atoms with Crippen molar-refractivity contribution in [2.45, 2.75) is 13.5 Å². The van der Waals surface area contributed by atoms with Crippen molar-refractivity contribution < 1.29 is 23.5 Å². The highest BCUT2D eigenvalue weighted by Crippen LogP contribution is 2.14. The summed E-state index contributed by atoms with van der Waals surface area (Å²) in [6, 6.07) is 8.59. The predicted octanol–water partition coefficient (Wildman–Crippen LogP) is 2.54. The highest BCUT2D eigenvalue weighted by atomic mass is 19.1. The molecule has 0 radical (unpaired) electrons. The first kappa shape index (κ1) is 16.4. The normalized spacial score (nSPS) is 10.6. The number of aromatic carboxylic acids is 1. The lowest BCUT2D eigenvalue weighted by Crippen LogP contribution is -2.23. The van der Waals surface area contributed by atoms with E-state index in [9.17, 15) is 14.0 Å². The van der Waals surface area contributed by atoms with Gasteiger partial charge in [-0.1, -0.05) is 0 Å². The summed E-state index contributed by atoms with van der Waals surface area (Å²) >= 11 is 0. The van der Waals surface area contributed by atoms with Gasteiger partial charge in [-0.15, -0.1) is 0 Å². The average Bonchev–Trinajstić information content (AvgIpc) is 3.20. The molecular weight excluding hydrogens is 329 g/mol. The maximum Gasteiger partial charge on any atom is 0.339 e. The lowest BCUT2D eigenvalue weighted by atomic mass is 10.2. The molecule has 7 nitrogen and oxygen atoms in total. The molecule has 3 aromatic rings. The Morgan fingerprint density at radius 2 is 2.00 bits per heavy atom. The van der Waals surface area contributed by atoms with Gasteiger partial charge < -0.3 is 14.8 Å². The largest absolute Gasteiger partial charge is 0.478 e. The Kier molecular flexibility index (Phi) is 4.34. The minimum atomic E-state index is -1.09. The van der Waals surface area contributed by atoms with Crippen LogP contribution in [0.15, 0.2) is 47.0 Å². The summed E-state index contributed by atoms with van der Waals surface area (Å²) in [7, 11) is 0. The molecule has 0 aliphatic rings. The number of aromatic nitrogens is 2. The zero-order chi connectivity index (χ0) is 18.0.